The van der Waals surface area contributed by atoms with Crippen LogP contribution in [0, 0.1) is 0 Å². The lowest BCUT2D eigenvalue weighted by Crippen LogP contribution is -2.42. The highest BCUT2D eigenvalue weighted by atomic mass is 32.2. The molecule has 0 aliphatic carbocycles. The quantitative estimate of drug-likeness (QED) is 0.772. The summed E-state index contributed by atoms with van der Waals surface area (Å²) < 4.78 is 52.4. The minimum atomic E-state index is -3.87. The Morgan fingerprint density at radius 3 is 1.92 bits per heavy atom. The smallest absolute Gasteiger partial charge is 0.250 e. The number of piperidine rings is 1. The summed E-state index contributed by atoms with van der Waals surface area (Å²) in [6, 6.07) is 5.34. The molecule has 0 atom stereocenters. The number of halogens is 2. The summed E-state index contributed by atoms with van der Waals surface area (Å²) in [5, 5.41) is 0. The number of sulfonamides is 1. The highest BCUT2D eigenvalue weighted by Crippen LogP contribution is 2.31. The van der Waals surface area contributed by atoms with Gasteiger partial charge in [0, 0.05) is 38.8 Å². The molecule has 2 aliphatic heterocycles. The van der Waals surface area contributed by atoms with Crippen LogP contribution < -0.4 is 4.90 Å². The van der Waals surface area contributed by atoms with E-state index in [1.165, 1.54) is 24.3 Å². The van der Waals surface area contributed by atoms with Gasteiger partial charge in [0.1, 0.15) is 0 Å². The van der Waals surface area contributed by atoms with Crippen LogP contribution in [0.5, 0.6) is 0 Å². The van der Waals surface area contributed by atoms with Crippen molar-refractivity contribution in [2.45, 2.75) is 36.5 Å². The average Bonchev–Trinajstić information content (AvgIpc) is 2.86. The van der Waals surface area contributed by atoms with Gasteiger partial charge in [0.15, 0.2) is 0 Å². The molecule has 0 spiro atoms. The van der Waals surface area contributed by atoms with E-state index in [4.69, 9.17) is 0 Å². The number of amides is 2. The van der Waals surface area contributed by atoms with Crippen LogP contribution in [0.2, 0.25) is 0 Å². The molecule has 2 heterocycles. The Morgan fingerprint density at radius 1 is 0.917 bits per heavy atom. The first-order valence-electron chi connectivity index (χ1n) is 7.55. The first-order valence-corrected chi connectivity index (χ1v) is 8.99. The number of carbonyl (C=O) groups is 2. The number of alkyl halides is 2. The number of imide groups is 1. The summed E-state index contributed by atoms with van der Waals surface area (Å²) in [7, 11) is -3.87. The van der Waals surface area contributed by atoms with Gasteiger partial charge < -0.3 is 0 Å². The van der Waals surface area contributed by atoms with Crippen LogP contribution in [0.15, 0.2) is 29.2 Å². The van der Waals surface area contributed by atoms with Gasteiger partial charge in [-0.1, -0.05) is 0 Å². The van der Waals surface area contributed by atoms with Gasteiger partial charge in [0.2, 0.25) is 21.8 Å². The topological polar surface area (TPSA) is 74.8 Å². The molecule has 130 valence electrons. The van der Waals surface area contributed by atoms with Gasteiger partial charge >= 0.3 is 0 Å². The van der Waals surface area contributed by atoms with Crippen molar-refractivity contribution >= 4 is 27.5 Å². The van der Waals surface area contributed by atoms with Crippen molar-refractivity contribution in [2.24, 2.45) is 0 Å². The normalized spacial score (nSPS) is 22.2. The molecule has 0 saturated carbocycles. The lowest BCUT2D eigenvalue weighted by molar-refractivity contribution is -0.121. The first-order chi connectivity index (χ1) is 11.2. The van der Waals surface area contributed by atoms with Crippen molar-refractivity contribution in [2.75, 3.05) is 18.0 Å². The Balaban J connectivity index is 1.80. The lowest BCUT2D eigenvalue weighted by atomic mass is 10.1. The molecule has 6 nitrogen and oxygen atoms in total. The second-order valence-electron chi connectivity index (χ2n) is 5.88. The number of anilines is 1. The molecule has 9 heteroatoms. The molecule has 0 N–H and O–H groups in total. The molecule has 3 rings (SSSR count). The predicted molar refractivity (Wildman–Crippen MR) is 81.1 cm³/mol. The maximum Gasteiger partial charge on any atom is 0.250 e. The molecule has 24 heavy (non-hydrogen) atoms. The van der Waals surface area contributed by atoms with Crippen molar-refractivity contribution < 1.29 is 26.8 Å². The van der Waals surface area contributed by atoms with E-state index in [1.807, 2.05) is 0 Å². The fraction of sp³-hybridized carbons (Fsp3) is 0.467. The van der Waals surface area contributed by atoms with Gasteiger partial charge in [0.05, 0.1) is 10.6 Å². The Bertz CT molecular complexity index is 751. The van der Waals surface area contributed by atoms with Gasteiger partial charge in [-0.05, 0) is 24.3 Å². The molecule has 0 unspecified atom stereocenters. The Morgan fingerprint density at radius 2 is 1.42 bits per heavy atom. The standard InChI is InChI=1S/C15H16F2N2O4S/c16-15(17)7-9-18(10-8-15)24(22,23)12-3-1-11(2-4-12)19-13(20)5-6-14(19)21/h1-4H,5-10H2. The van der Waals surface area contributed by atoms with Crippen molar-refractivity contribution in [3.8, 4) is 0 Å². The van der Waals surface area contributed by atoms with Crippen molar-refractivity contribution in [3.63, 3.8) is 0 Å². The molecule has 2 aliphatic rings. The molecule has 2 amide bonds. The van der Waals surface area contributed by atoms with E-state index in [1.54, 1.807) is 0 Å². The Hall–Kier alpha value is -1.87. The van der Waals surface area contributed by atoms with E-state index >= 15 is 0 Å². The highest BCUT2D eigenvalue weighted by Gasteiger charge is 2.38. The zero-order valence-corrected chi connectivity index (χ0v) is 13.6. The molecule has 2 saturated heterocycles. The molecule has 2 fully saturated rings. The summed E-state index contributed by atoms with van der Waals surface area (Å²) in [4.78, 5) is 24.3. The third kappa shape index (κ3) is 3.05. The van der Waals surface area contributed by atoms with Gasteiger partial charge in [-0.15, -0.1) is 0 Å². The maximum absolute atomic E-state index is 13.2. The lowest BCUT2D eigenvalue weighted by Gasteiger charge is -2.30. The van der Waals surface area contributed by atoms with E-state index in [9.17, 15) is 26.8 Å². The molecule has 0 bridgehead atoms. The first kappa shape index (κ1) is 17.0. The number of rotatable bonds is 3. The summed E-state index contributed by atoms with van der Waals surface area (Å²) in [6.07, 6.45) is -0.718. The molecular weight excluding hydrogens is 342 g/mol. The largest absolute Gasteiger partial charge is 0.274 e. The van der Waals surface area contributed by atoms with Crippen LogP contribution in [0.25, 0.3) is 0 Å². The van der Waals surface area contributed by atoms with Crippen LogP contribution >= 0.6 is 0 Å². The zero-order valence-electron chi connectivity index (χ0n) is 12.7. The summed E-state index contributed by atoms with van der Waals surface area (Å²) >= 11 is 0. The van der Waals surface area contributed by atoms with Crippen LogP contribution in [0.4, 0.5) is 14.5 Å². The number of benzene rings is 1. The van der Waals surface area contributed by atoms with E-state index in [0.717, 1.165) is 9.21 Å². The maximum atomic E-state index is 13.2. The number of hydrogen-bond donors (Lipinski definition) is 0. The minimum Gasteiger partial charge on any atom is -0.274 e. The minimum absolute atomic E-state index is 0.0458. The van der Waals surface area contributed by atoms with E-state index in [-0.39, 0.29) is 42.6 Å². The van der Waals surface area contributed by atoms with E-state index < -0.39 is 28.8 Å². The van der Waals surface area contributed by atoms with Crippen molar-refractivity contribution in [1.29, 1.82) is 0 Å². The third-order valence-corrected chi connectivity index (χ3v) is 6.15. The SMILES string of the molecule is O=C1CCC(=O)N1c1ccc(S(=O)(=O)N2CCC(F)(F)CC2)cc1. The van der Waals surface area contributed by atoms with Gasteiger partial charge in [-0.25, -0.2) is 17.2 Å². The van der Waals surface area contributed by atoms with E-state index in [0.29, 0.717) is 5.69 Å². The van der Waals surface area contributed by atoms with Crippen LogP contribution in [0.1, 0.15) is 25.7 Å². The Labute approximate surface area is 138 Å². The van der Waals surface area contributed by atoms with Crippen molar-refractivity contribution in [3.05, 3.63) is 24.3 Å². The molecule has 0 radical (unpaired) electrons. The van der Waals surface area contributed by atoms with Gasteiger partial charge in [0.25, 0.3) is 5.92 Å². The number of hydrogen-bond acceptors (Lipinski definition) is 4. The number of carbonyl (C=O) groups excluding carboxylic acids is 2. The zero-order chi connectivity index (χ0) is 17.5. The van der Waals surface area contributed by atoms with Crippen molar-refractivity contribution in [1.82, 2.24) is 4.31 Å². The number of nitrogens with zero attached hydrogens (tertiary/aromatic N) is 2. The fourth-order valence-electron chi connectivity index (χ4n) is 2.83. The van der Waals surface area contributed by atoms with Crippen LogP contribution in [0.3, 0.4) is 0 Å². The molecule has 0 aromatic heterocycles. The molecule has 1 aromatic carbocycles. The second kappa shape index (κ2) is 5.89. The highest BCUT2D eigenvalue weighted by molar-refractivity contribution is 7.89. The monoisotopic (exact) mass is 358 g/mol. The van der Waals surface area contributed by atoms with Crippen LogP contribution in [-0.4, -0.2) is 43.5 Å². The summed E-state index contributed by atoms with van der Waals surface area (Å²) in [6.45, 7) is -0.472. The predicted octanol–water partition coefficient (Wildman–Crippen LogP) is 1.76. The van der Waals surface area contributed by atoms with Crippen LogP contribution in [-0.2, 0) is 19.6 Å². The Kier molecular flexibility index (Phi) is 4.16. The van der Waals surface area contributed by atoms with Gasteiger partial charge in [-0.2, -0.15) is 4.31 Å². The second-order valence-corrected chi connectivity index (χ2v) is 7.81. The van der Waals surface area contributed by atoms with E-state index in [2.05, 4.69) is 0 Å². The molecular formula is C15H16F2N2O4S. The fourth-order valence-corrected chi connectivity index (χ4v) is 4.28. The average molecular weight is 358 g/mol. The van der Waals surface area contributed by atoms with Gasteiger partial charge in [-0.3, -0.25) is 14.5 Å². The summed E-state index contributed by atoms with van der Waals surface area (Å²) in [5.74, 6) is -3.48. The molecule has 1 aromatic rings. The summed E-state index contributed by atoms with van der Waals surface area (Å²) in [5.41, 5.74) is 0.312. The third-order valence-electron chi connectivity index (χ3n) is 4.24.